The van der Waals surface area contributed by atoms with Crippen molar-refractivity contribution in [1.29, 1.82) is 0 Å². The standard InChI is InChI=1S/C21H19N3O4S/c1-14(25)22-15-7-9-16(10-8-15)23-20(26)13-29-18-5-2-4-17(12-18)24-21(27)19-6-3-11-28-19/h2-12H,13H2,1H3,(H,22,25)(H,23,26)(H,24,27). The molecule has 0 aliphatic heterocycles. The van der Waals surface area contributed by atoms with Crippen LogP contribution >= 0.6 is 11.8 Å². The van der Waals surface area contributed by atoms with Gasteiger partial charge in [0.05, 0.1) is 12.0 Å². The summed E-state index contributed by atoms with van der Waals surface area (Å²) in [5, 5.41) is 8.23. The van der Waals surface area contributed by atoms with Gasteiger partial charge in [-0.3, -0.25) is 14.4 Å². The predicted octanol–water partition coefficient (Wildman–Crippen LogP) is 4.22. The SMILES string of the molecule is CC(=O)Nc1ccc(NC(=O)CSc2cccc(NC(=O)c3ccco3)c2)cc1. The lowest BCUT2D eigenvalue weighted by Crippen LogP contribution is -2.14. The molecule has 0 aliphatic carbocycles. The van der Waals surface area contributed by atoms with Gasteiger partial charge >= 0.3 is 0 Å². The Hall–Kier alpha value is -3.52. The number of furan rings is 1. The Labute approximate surface area is 171 Å². The number of nitrogens with one attached hydrogen (secondary N) is 3. The average molecular weight is 409 g/mol. The number of benzene rings is 2. The van der Waals surface area contributed by atoms with E-state index in [-0.39, 0.29) is 29.2 Å². The molecule has 0 fully saturated rings. The summed E-state index contributed by atoms with van der Waals surface area (Å²) < 4.78 is 5.07. The van der Waals surface area contributed by atoms with E-state index in [1.54, 1.807) is 54.6 Å². The monoisotopic (exact) mass is 409 g/mol. The second-order valence-electron chi connectivity index (χ2n) is 6.05. The Morgan fingerprint density at radius 2 is 1.59 bits per heavy atom. The van der Waals surface area contributed by atoms with Crippen molar-refractivity contribution in [2.45, 2.75) is 11.8 Å². The second kappa shape index (κ2) is 9.61. The Bertz CT molecular complexity index is 1000. The zero-order valence-corrected chi connectivity index (χ0v) is 16.4. The Balaban J connectivity index is 1.51. The van der Waals surface area contributed by atoms with Crippen molar-refractivity contribution in [3.63, 3.8) is 0 Å². The van der Waals surface area contributed by atoms with E-state index in [1.165, 1.54) is 24.9 Å². The van der Waals surface area contributed by atoms with E-state index in [2.05, 4.69) is 16.0 Å². The lowest BCUT2D eigenvalue weighted by atomic mass is 10.3. The highest BCUT2D eigenvalue weighted by molar-refractivity contribution is 8.00. The van der Waals surface area contributed by atoms with Gasteiger partial charge in [0, 0.05) is 28.9 Å². The number of rotatable bonds is 7. The Kier molecular flexibility index (Phi) is 6.70. The van der Waals surface area contributed by atoms with Crippen molar-refractivity contribution in [2.75, 3.05) is 21.7 Å². The summed E-state index contributed by atoms with van der Waals surface area (Å²) in [7, 11) is 0. The van der Waals surface area contributed by atoms with E-state index in [1.807, 2.05) is 6.07 Å². The van der Waals surface area contributed by atoms with E-state index in [9.17, 15) is 14.4 Å². The first-order valence-electron chi connectivity index (χ1n) is 8.75. The number of thioether (sulfide) groups is 1. The van der Waals surface area contributed by atoms with Crippen molar-refractivity contribution < 1.29 is 18.8 Å². The minimum atomic E-state index is -0.336. The zero-order chi connectivity index (χ0) is 20.6. The van der Waals surface area contributed by atoms with Crippen molar-refractivity contribution >= 4 is 46.5 Å². The van der Waals surface area contributed by atoms with Crippen LogP contribution in [0.2, 0.25) is 0 Å². The van der Waals surface area contributed by atoms with Crippen LogP contribution in [0.1, 0.15) is 17.5 Å². The van der Waals surface area contributed by atoms with Crippen LogP contribution in [0.3, 0.4) is 0 Å². The normalized spacial score (nSPS) is 10.2. The van der Waals surface area contributed by atoms with Crippen LogP contribution in [-0.2, 0) is 9.59 Å². The quantitative estimate of drug-likeness (QED) is 0.507. The molecule has 0 saturated carbocycles. The van der Waals surface area contributed by atoms with Crippen molar-refractivity contribution in [3.05, 3.63) is 72.7 Å². The molecular weight excluding hydrogens is 390 g/mol. The van der Waals surface area contributed by atoms with Crippen LogP contribution in [0.25, 0.3) is 0 Å². The van der Waals surface area contributed by atoms with Crippen LogP contribution in [-0.4, -0.2) is 23.5 Å². The molecule has 8 heteroatoms. The molecule has 1 heterocycles. The summed E-state index contributed by atoms with van der Waals surface area (Å²) in [6.07, 6.45) is 1.44. The predicted molar refractivity (Wildman–Crippen MR) is 113 cm³/mol. The molecule has 2 aromatic carbocycles. The molecule has 0 bridgehead atoms. The summed E-state index contributed by atoms with van der Waals surface area (Å²) in [4.78, 5) is 36.1. The third-order valence-electron chi connectivity index (χ3n) is 3.70. The molecule has 29 heavy (non-hydrogen) atoms. The van der Waals surface area contributed by atoms with Gasteiger partial charge in [-0.05, 0) is 54.6 Å². The first kappa shape index (κ1) is 20.2. The molecule has 0 aliphatic rings. The number of carbonyl (C=O) groups is 3. The van der Waals surface area contributed by atoms with Gasteiger partial charge in [0.15, 0.2) is 5.76 Å². The Morgan fingerprint density at radius 3 is 2.24 bits per heavy atom. The minimum absolute atomic E-state index is 0.152. The molecule has 3 aromatic rings. The number of carbonyl (C=O) groups excluding carboxylic acids is 3. The van der Waals surface area contributed by atoms with Gasteiger partial charge in [0.2, 0.25) is 11.8 Å². The molecule has 3 rings (SSSR count). The van der Waals surface area contributed by atoms with Crippen LogP contribution in [0.15, 0.2) is 76.2 Å². The van der Waals surface area contributed by atoms with Crippen molar-refractivity contribution in [1.82, 2.24) is 0 Å². The molecule has 148 valence electrons. The summed E-state index contributed by atoms with van der Waals surface area (Å²) >= 11 is 1.35. The van der Waals surface area contributed by atoms with Gasteiger partial charge in [0.25, 0.3) is 5.91 Å². The third-order valence-corrected chi connectivity index (χ3v) is 4.69. The van der Waals surface area contributed by atoms with E-state index >= 15 is 0 Å². The van der Waals surface area contributed by atoms with Gasteiger partial charge in [-0.25, -0.2) is 0 Å². The highest BCUT2D eigenvalue weighted by Gasteiger charge is 2.10. The lowest BCUT2D eigenvalue weighted by molar-refractivity contribution is -0.114. The molecule has 0 unspecified atom stereocenters. The summed E-state index contributed by atoms with van der Waals surface area (Å²) in [5.41, 5.74) is 1.92. The number of amides is 3. The van der Waals surface area contributed by atoms with Gasteiger partial charge in [-0.2, -0.15) is 0 Å². The zero-order valence-electron chi connectivity index (χ0n) is 15.6. The summed E-state index contributed by atoms with van der Waals surface area (Å²) in [6.45, 7) is 1.43. The van der Waals surface area contributed by atoms with E-state index in [4.69, 9.17) is 4.42 Å². The molecule has 3 N–H and O–H groups in total. The maximum Gasteiger partial charge on any atom is 0.291 e. The topological polar surface area (TPSA) is 100 Å². The third kappa shape index (κ3) is 6.25. The fourth-order valence-electron chi connectivity index (χ4n) is 2.45. The maximum atomic E-state index is 12.2. The smallest absolute Gasteiger partial charge is 0.291 e. The first-order valence-corrected chi connectivity index (χ1v) is 9.73. The number of hydrogen-bond acceptors (Lipinski definition) is 5. The van der Waals surface area contributed by atoms with Gasteiger partial charge in [-0.15, -0.1) is 11.8 Å². The molecule has 0 saturated heterocycles. The van der Waals surface area contributed by atoms with Crippen LogP contribution in [0, 0.1) is 0 Å². The molecule has 3 amide bonds. The molecule has 1 aromatic heterocycles. The van der Waals surface area contributed by atoms with Crippen LogP contribution in [0.4, 0.5) is 17.1 Å². The van der Waals surface area contributed by atoms with E-state index in [0.717, 1.165) is 4.90 Å². The first-order chi connectivity index (χ1) is 14.0. The van der Waals surface area contributed by atoms with Gasteiger partial charge < -0.3 is 20.4 Å². The van der Waals surface area contributed by atoms with Gasteiger partial charge in [-0.1, -0.05) is 6.07 Å². The highest BCUT2D eigenvalue weighted by atomic mass is 32.2. The molecule has 0 spiro atoms. The van der Waals surface area contributed by atoms with Gasteiger partial charge in [0.1, 0.15) is 0 Å². The average Bonchev–Trinajstić information content (AvgIpc) is 3.23. The fraction of sp³-hybridized carbons (Fsp3) is 0.0952. The molecule has 0 radical (unpaired) electrons. The van der Waals surface area contributed by atoms with Crippen LogP contribution < -0.4 is 16.0 Å². The fourth-order valence-corrected chi connectivity index (χ4v) is 3.21. The molecule has 7 nitrogen and oxygen atoms in total. The summed E-state index contributed by atoms with van der Waals surface area (Å²) in [6, 6.07) is 17.3. The second-order valence-corrected chi connectivity index (χ2v) is 7.10. The molecular formula is C21H19N3O4S. The molecule has 0 atom stereocenters. The largest absolute Gasteiger partial charge is 0.459 e. The lowest BCUT2D eigenvalue weighted by Gasteiger charge is -2.08. The minimum Gasteiger partial charge on any atom is -0.459 e. The van der Waals surface area contributed by atoms with E-state index < -0.39 is 0 Å². The van der Waals surface area contributed by atoms with Crippen molar-refractivity contribution in [3.8, 4) is 0 Å². The van der Waals surface area contributed by atoms with Crippen molar-refractivity contribution in [2.24, 2.45) is 0 Å². The highest BCUT2D eigenvalue weighted by Crippen LogP contribution is 2.22. The maximum absolute atomic E-state index is 12.2. The van der Waals surface area contributed by atoms with Crippen LogP contribution in [0.5, 0.6) is 0 Å². The Morgan fingerprint density at radius 1 is 0.862 bits per heavy atom. The number of anilines is 3. The summed E-state index contributed by atoms with van der Waals surface area (Å²) in [5.74, 6) is -0.208. The number of hydrogen-bond donors (Lipinski definition) is 3. The van der Waals surface area contributed by atoms with E-state index in [0.29, 0.717) is 17.1 Å².